The average molecular weight is 436 g/mol. The Morgan fingerprint density at radius 2 is 1.93 bits per heavy atom. The van der Waals surface area contributed by atoms with Gasteiger partial charge in [0.05, 0.1) is 15.9 Å². The highest BCUT2D eigenvalue weighted by Crippen LogP contribution is 2.36. The fraction of sp³-hybridized carbons (Fsp3) is 0.350. The molecule has 2 aromatic heterocycles. The van der Waals surface area contributed by atoms with Crippen LogP contribution in [-0.4, -0.2) is 22.2 Å². The number of carbonyl (C=O) groups excluding carboxylic acids is 1. The molecule has 3 aromatic rings. The zero-order valence-electron chi connectivity index (χ0n) is 15.8. The molecule has 0 aliphatic heterocycles. The van der Waals surface area contributed by atoms with E-state index < -0.39 is 23.7 Å². The molecule has 1 aromatic carbocycles. The summed E-state index contributed by atoms with van der Waals surface area (Å²) >= 11 is 1.28. The van der Waals surface area contributed by atoms with Gasteiger partial charge in [0.1, 0.15) is 6.10 Å². The van der Waals surface area contributed by atoms with E-state index in [1.807, 2.05) is 0 Å². The van der Waals surface area contributed by atoms with Crippen molar-refractivity contribution in [3.63, 3.8) is 0 Å². The summed E-state index contributed by atoms with van der Waals surface area (Å²) in [6.07, 6.45) is -0.387. The maximum atomic E-state index is 13.4. The first-order valence-electron chi connectivity index (χ1n) is 9.51. The van der Waals surface area contributed by atoms with E-state index in [1.165, 1.54) is 17.4 Å². The molecular formula is C20H19F3N4O2S. The Kier molecular flexibility index (Phi) is 5.50. The van der Waals surface area contributed by atoms with E-state index in [2.05, 4.69) is 15.3 Å². The van der Waals surface area contributed by atoms with Crippen molar-refractivity contribution in [2.24, 2.45) is 0 Å². The Balaban J connectivity index is 1.63. The zero-order chi connectivity index (χ0) is 21.3. The van der Waals surface area contributed by atoms with Crippen LogP contribution in [-0.2, 0) is 10.9 Å². The van der Waals surface area contributed by atoms with Gasteiger partial charge >= 0.3 is 12.3 Å². The van der Waals surface area contributed by atoms with Gasteiger partial charge in [0.15, 0.2) is 10.8 Å². The van der Waals surface area contributed by atoms with Gasteiger partial charge in [0.25, 0.3) is 0 Å². The number of amides is 1. The zero-order valence-corrected chi connectivity index (χ0v) is 16.6. The van der Waals surface area contributed by atoms with E-state index in [1.54, 1.807) is 18.2 Å². The summed E-state index contributed by atoms with van der Waals surface area (Å²) < 4.78 is 46.4. The number of nitrogens with two attached hydrogens (primary N) is 1. The van der Waals surface area contributed by atoms with Crippen molar-refractivity contribution >= 4 is 38.5 Å². The number of thiazole rings is 1. The number of anilines is 2. The van der Waals surface area contributed by atoms with E-state index in [-0.39, 0.29) is 6.10 Å². The molecule has 6 nitrogen and oxygen atoms in total. The molecule has 1 saturated carbocycles. The molecule has 2 heterocycles. The highest BCUT2D eigenvalue weighted by atomic mass is 32.1. The number of hydrogen-bond acceptors (Lipinski definition) is 6. The van der Waals surface area contributed by atoms with Gasteiger partial charge in [-0.25, -0.2) is 14.8 Å². The molecule has 1 aliphatic rings. The smallest absolute Gasteiger partial charge is 0.435 e. The molecule has 1 aliphatic carbocycles. The van der Waals surface area contributed by atoms with Gasteiger partial charge in [-0.2, -0.15) is 13.2 Å². The van der Waals surface area contributed by atoms with E-state index in [9.17, 15) is 18.0 Å². The Morgan fingerprint density at radius 1 is 1.17 bits per heavy atom. The lowest BCUT2D eigenvalue weighted by atomic mass is 9.98. The largest absolute Gasteiger partial charge is 0.446 e. The summed E-state index contributed by atoms with van der Waals surface area (Å²) in [4.78, 5) is 20.0. The van der Waals surface area contributed by atoms with Crippen LogP contribution in [0.4, 0.5) is 28.8 Å². The standard InChI is InChI=1S/C20H19F3N4O2S/c21-20(22,23)17-15(27-19(28)29-13-4-2-1-3-5-13)8-12(10-25-17)11-6-7-14-16(9-11)30-18(24)26-14/h6-10,13H,1-5H2,(H2,24,26)(H,27,28). The van der Waals surface area contributed by atoms with Crippen molar-refractivity contribution < 1.29 is 22.7 Å². The van der Waals surface area contributed by atoms with Crippen LogP contribution in [0.1, 0.15) is 37.8 Å². The Labute approximate surface area is 174 Å². The summed E-state index contributed by atoms with van der Waals surface area (Å²) in [7, 11) is 0. The Morgan fingerprint density at radius 3 is 2.67 bits per heavy atom. The molecule has 0 bridgehead atoms. The van der Waals surface area contributed by atoms with E-state index in [0.717, 1.165) is 43.0 Å². The molecule has 30 heavy (non-hydrogen) atoms. The minimum atomic E-state index is -4.72. The van der Waals surface area contributed by atoms with Crippen molar-refractivity contribution in [2.45, 2.75) is 44.4 Å². The molecule has 0 atom stereocenters. The molecule has 10 heteroatoms. The van der Waals surface area contributed by atoms with Gasteiger partial charge in [-0.15, -0.1) is 0 Å². The number of pyridine rings is 1. The van der Waals surface area contributed by atoms with Crippen molar-refractivity contribution in [1.82, 2.24) is 9.97 Å². The normalized spacial score (nSPS) is 15.3. The number of hydrogen-bond donors (Lipinski definition) is 2. The van der Waals surface area contributed by atoms with Gasteiger partial charge in [-0.1, -0.05) is 23.8 Å². The highest BCUT2D eigenvalue weighted by Gasteiger charge is 2.36. The third kappa shape index (κ3) is 4.48. The first-order chi connectivity index (χ1) is 14.3. The SMILES string of the molecule is Nc1nc2ccc(-c3cnc(C(F)(F)F)c(NC(=O)OC4CCCCC4)c3)cc2s1. The van der Waals surface area contributed by atoms with Crippen LogP contribution < -0.4 is 11.1 Å². The van der Waals surface area contributed by atoms with E-state index >= 15 is 0 Å². The molecule has 3 N–H and O–H groups in total. The van der Waals surface area contributed by atoms with Gasteiger partial charge < -0.3 is 10.5 Å². The van der Waals surface area contributed by atoms with Gasteiger partial charge in [-0.05, 0) is 49.4 Å². The number of benzene rings is 1. The number of nitrogens with zero attached hydrogens (tertiary/aromatic N) is 2. The lowest BCUT2D eigenvalue weighted by Gasteiger charge is -2.22. The van der Waals surface area contributed by atoms with Gasteiger partial charge in [0.2, 0.25) is 0 Å². The van der Waals surface area contributed by atoms with Crippen molar-refractivity contribution in [3.8, 4) is 11.1 Å². The van der Waals surface area contributed by atoms with Crippen LogP contribution in [0.25, 0.3) is 21.3 Å². The molecule has 0 spiro atoms. The average Bonchev–Trinajstić information content (AvgIpc) is 3.07. The second kappa shape index (κ2) is 8.10. The maximum Gasteiger partial charge on any atom is 0.435 e. The number of ether oxygens (including phenoxy) is 1. The number of nitrogens with one attached hydrogen (secondary N) is 1. The van der Waals surface area contributed by atoms with Crippen LogP contribution in [0, 0.1) is 0 Å². The minimum Gasteiger partial charge on any atom is -0.446 e. The minimum absolute atomic E-state index is 0.275. The molecule has 1 fully saturated rings. The second-order valence-electron chi connectivity index (χ2n) is 7.14. The van der Waals surface area contributed by atoms with Crippen LogP contribution in [0.15, 0.2) is 30.5 Å². The van der Waals surface area contributed by atoms with Crippen molar-refractivity contribution in [2.75, 3.05) is 11.1 Å². The van der Waals surface area contributed by atoms with Crippen LogP contribution in [0.2, 0.25) is 0 Å². The van der Waals surface area contributed by atoms with Crippen molar-refractivity contribution in [1.29, 1.82) is 0 Å². The number of nitrogen functional groups attached to an aromatic ring is 1. The molecule has 158 valence electrons. The summed E-state index contributed by atoms with van der Waals surface area (Å²) in [6.45, 7) is 0. The quantitative estimate of drug-likeness (QED) is 0.538. The topological polar surface area (TPSA) is 90.1 Å². The maximum absolute atomic E-state index is 13.4. The number of carbonyl (C=O) groups is 1. The molecule has 1 amide bonds. The van der Waals surface area contributed by atoms with Crippen molar-refractivity contribution in [3.05, 3.63) is 36.2 Å². The molecule has 4 rings (SSSR count). The lowest BCUT2D eigenvalue weighted by Crippen LogP contribution is -2.25. The number of aromatic nitrogens is 2. The molecule has 0 radical (unpaired) electrons. The van der Waals surface area contributed by atoms with Gasteiger partial charge in [0, 0.05) is 11.8 Å². The Hall–Kier alpha value is -2.88. The number of fused-ring (bicyclic) bond motifs is 1. The molecule has 0 unspecified atom stereocenters. The third-order valence-corrected chi connectivity index (χ3v) is 5.80. The Bertz CT molecular complexity index is 1080. The summed E-state index contributed by atoms with van der Waals surface area (Å²) in [5, 5.41) is 2.65. The van der Waals surface area contributed by atoms with E-state index in [0.29, 0.717) is 21.8 Å². The lowest BCUT2D eigenvalue weighted by molar-refractivity contribution is -0.140. The third-order valence-electron chi connectivity index (χ3n) is 4.96. The number of rotatable bonds is 3. The molecule has 0 saturated heterocycles. The second-order valence-corrected chi connectivity index (χ2v) is 8.21. The fourth-order valence-electron chi connectivity index (χ4n) is 3.54. The fourth-order valence-corrected chi connectivity index (χ4v) is 4.31. The first-order valence-corrected chi connectivity index (χ1v) is 10.3. The van der Waals surface area contributed by atoms with Crippen LogP contribution >= 0.6 is 11.3 Å². The molecular weight excluding hydrogens is 417 g/mol. The van der Waals surface area contributed by atoms with Crippen LogP contribution in [0.3, 0.4) is 0 Å². The predicted octanol–water partition coefficient (Wildman–Crippen LogP) is 5.84. The predicted molar refractivity (Wildman–Crippen MR) is 109 cm³/mol. The number of alkyl halides is 3. The highest BCUT2D eigenvalue weighted by molar-refractivity contribution is 7.22. The summed E-state index contributed by atoms with van der Waals surface area (Å²) in [5.74, 6) is 0. The summed E-state index contributed by atoms with van der Waals surface area (Å²) in [5.41, 5.74) is 5.86. The van der Waals surface area contributed by atoms with Crippen LogP contribution in [0.5, 0.6) is 0 Å². The first kappa shape index (κ1) is 20.4. The number of halogens is 3. The monoisotopic (exact) mass is 436 g/mol. The summed E-state index contributed by atoms with van der Waals surface area (Å²) in [6, 6.07) is 6.48. The van der Waals surface area contributed by atoms with E-state index in [4.69, 9.17) is 10.5 Å². The van der Waals surface area contributed by atoms with Gasteiger partial charge in [-0.3, -0.25) is 5.32 Å².